The quantitative estimate of drug-likeness (QED) is 0.444. The summed E-state index contributed by atoms with van der Waals surface area (Å²) in [4.78, 5) is 28.1. The number of carbonyl (C=O) groups is 1. The number of nitriles is 1. The van der Waals surface area contributed by atoms with E-state index in [4.69, 9.17) is 10.8 Å². The Balaban J connectivity index is 1.48. The highest BCUT2D eigenvalue weighted by atomic mass is 32.1. The maximum atomic E-state index is 12.6. The second-order valence-corrected chi connectivity index (χ2v) is 9.14. The number of likely N-dealkylation sites (tertiary alicyclic amines) is 1. The van der Waals surface area contributed by atoms with Gasteiger partial charge >= 0.3 is 0 Å². The van der Waals surface area contributed by atoms with Crippen molar-refractivity contribution in [2.45, 2.75) is 25.8 Å². The van der Waals surface area contributed by atoms with Crippen molar-refractivity contribution < 1.29 is 4.79 Å². The normalized spacial score (nSPS) is 16.0. The smallest absolute Gasteiger partial charge is 0.257 e. The highest BCUT2D eigenvalue weighted by molar-refractivity contribution is 7.15. The first-order valence-corrected chi connectivity index (χ1v) is 11.3. The van der Waals surface area contributed by atoms with Crippen LogP contribution in [0.3, 0.4) is 0 Å². The average molecular weight is 460 g/mol. The molecule has 1 fully saturated rings. The molecule has 0 aliphatic carbocycles. The number of carbonyl (C=O) groups excluding carboxylic acids is 1. The van der Waals surface area contributed by atoms with Crippen LogP contribution in [0.5, 0.6) is 0 Å². The lowest BCUT2D eigenvalue weighted by atomic mass is 10.1. The molecule has 0 radical (unpaired) electrons. The predicted octanol–water partition coefficient (Wildman–Crippen LogP) is 3.21. The average Bonchev–Trinajstić information content (AvgIpc) is 3.43. The summed E-state index contributed by atoms with van der Waals surface area (Å²) in [7, 11) is 0. The minimum Gasteiger partial charge on any atom is -0.383 e. The highest BCUT2D eigenvalue weighted by Gasteiger charge is 2.26. The summed E-state index contributed by atoms with van der Waals surface area (Å²) in [5.74, 6) is 0.114. The van der Waals surface area contributed by atoms with Crippen LogP contribution >= 0.6 is 11.3 Å². The summed E-state index contributed by atoms with van der Waals surface area (Å²) in [6.07, 6.45) is 7.18. The monoisotopic (exact) mass is 459 g/mol. The zero-order chi connectivity index (χ0) is 22.9. The Morgan fingerprint density at radius 1 is 1.27 bits per heavy atom. The number of nitrogen functional groups attached to an aromatic ring is 1. The number of nitrogens with one attached hydrogen (secondary N) is 1. The van der Waals surface area contributed by atoms with Crippen LogP contribution in [0, 0.1) is 18.4 Å². The number of anilines is 2. The molecule has 5 rings (SSSR count). The first kappa shape index (κ1) is 20.8. The van der Waals surface area contributed by atoms with Crippen LogP contribution in [0.4, 0.5) is 10.9 Å². The van der Waals surface area contributed by atoms with Crippen LogP contribution in [0.25, 0.3) is 22.3 Å². The minimum atomic E-state index is -0.229. The van der Waals surface area contributed by atoms with E-state index in [-0.39, 0.29) is 11.9 Å². The lowest BCUT2D eigenvalue weighted by Gasteiger charge is -2.28. The van der Waals surface area contributed by atoms with E-state index in [9.17, 15) is 10.1 Å². The van der Waals surface area contributed by atoms with Crippen molar-refractivity contribution in [2.24, 2.45) is 0 Å². The molecule has 1 aliphatic heterocycles. The van der Waals surface area contributed by atoms with Crippen LogP contribution in [0.2, 0.25) is 0 Å². The third-order valence-electron chi connectivity index (χ3n) is 5.66. The third-order valence-corrected chi connectivity index (χ3v) is 6.49. The van der Waals surface area contributed by atoms with Crippen molar-refractivity contribution in [3.05, 3.63) is 47.2 Å². The van der Waals surface area contributed by atoms with E-state index in [0.29, 0.717) is 39.8 Å². The number of hydrogen-bond acceptors (Lipinski definition) is 9. The largest absolute Gasteiger partial charge is 0.383 e. The van der Waals surface area contributed by atoms with Gasteiger partial charge in [0.05, 0.1) is 18.0 Å². The summed E-state index contributed by atoms with van der Waals surface area (Å²) < 4.78 is 1.86. The summed E-state index contributed by atoms with van der Waals surface area (Å²) in [6.45, 7) is 3.26. The van der Waals surface area contributed by atoms with Gasteiger partial charge in [0.25, 0.3) is 5.91 Å². The molecule has 4 aromatic rings. The van der Waals surface area contributed by atoms with Crippen LogP contribution in [0.1, 0.15) is 34.1 Å². The molecular weight excluding hydrogens is 438 g/mol. The van der Waals surface area contributed by atoms with Crippen molar-refractivity contribution >= 4 is 39.2 Å². The number of rotatable bonds is 4. The fourth-order valence-corrected chi connectivity index (χ4v) is 4.72. The SMILES string of the molecule is Cc1cnc(NC(=O)c2ccc(-c3nn([C@@H]4CCCN(C#N)C4)c4ncnc(N)c34)cc2)s1. The van der Waals surface area contributed by atoms with Gasteiger partial charge in [-0.2, -0.15) is 10.4 Å². The van der Waals surface area contributed by atoms with Crippen molar-refractivity contribution in [1.82, 2.24) is 29.6 Å². The Morgan fingerprint density at radius 3 is 2.82 bits per heavy atom. The fourth-order valence-electron chi connectivity index (χ4n) is 4.06. The van der Waals surface area contributed by atoms with Crippen molar-refractivity contribution in [1.29, 1.82) is 5.26 Å². The van der Waals surface area contributed by atoms with Crippen LogP contribution in [-0.2, 0) is 0 Å². The van der Waals surface area contributed by atoms with Crippen molar-refractivity contribution in [3.8, 4) is 17.5 Å². The van der Waals surface area contributed by atoms with E-state index < -0.39 is 0 Å². The highest BCUT2D eigenvalue weighted by Crippen LogP contribution is 2.33. The molecule has 3 aromatic heterocycles. The van der Waals surface area contributed by atoms with E-state index in [1.165, 1.54) is 17.7 Å². The molecular formula is C22H21N9OS. The van der Waals surface area contributed by atoms with E-state index in [1.54, 1.807) is 23.2 Å². The van der Waals surface area contributed by atoms with E-state index >= 15 is 0 Å². The van der Waals surface area contributed by atoms with Gasteiger partial charge < -0.3 is 10.6 Å². The van der Waals surface area contributed by atoms with Gasteiger partial charge in [0.2, 0.25) is 0 Å². The van der Waals surface area contributed by atoms with E-state index in [2.05, 4.69) is 26.5 Å². The Kier molecular flexibility index (Phi) is 5.35. The molecule has 10 nitrogen and oxygen atoms in total. The predicted molar refractivity (Wildman–Crippen MR) is 125 cm³/mol. The number of amides is 1. The van der Waals surface area contributed by atoms with E-state index in [1.807, 2.05) is 23.7 Å². The van der Waals surface area contributed by atoms with Gasteiger partial charge in [-0.15, -0.1) is 11.3 Å². The van der Waals surface area contributed by atoms with Gasteiger partial charge in [-0.05, 0) is 31.9 Å². The Labute approximate surface area is 193 Å². The second kappa shape index (κ2) is 8.48. The number of aromatic nitrogens is 5. The summed E-state index contributed by atoms with van der Waals surface area (Å²) in [5, 5.41) is 18.2. The lowest BCUT2D eigenvalue weighted by Crippen LogP contribution is -2.33. The van der Waals surface area contributed by atoms with E-state index in [0.717, 1.165) is 29.8 Å². The summed E-state index contributed by atoms with van der Waals surface area (Å²) in [5.41, 5.74) is 8.83. The van der Waals surface area contributed by atoms with Gasteiger partial charge in [0, 0.05) is 28.7 Å². The van der Waals surface area contributed by atoms with Crippen molar-refractivity contribution in [2.75, 3.05) is 24.1 Å². The van der Waals surface area contributed by atoms with Crippen LogP contribution in [-0.4, -0.2) is 48.6 Å². The zero-order valence-corrected chi connectivity index (χ0v) is 18.7. The lowest BCUT2D eigenvalue weighted by molar-refractivity contribution is 0.102. The molecule has 0 saturated carbocycles. The molecule has 1 atom stereocenters. The first-order chi connectivity index (χ1) is 16.0. The molecule has 0 unspecified atom stereocenters. The number of piperidine rings is 1. The number of fused-ring (bicyclic) bond motifs is 1. The Morgan fingerprint density at radius 2 is 2.09 bits per heavy atom. The summed E-state index contributed by atoms with van der Waals surface area (Å²) in [6, 6.07) is 7.17. The van der Waals surface area contributed by atoms with Gasteiger partial charge in [-0.1, -0.05) is 12.1 Å². The molecule has 0 spiro atoms. The molecule has 166 valence electrons. The van der Waals surface area contributed by atoms with Crippen LogP contribution in [0.15, 0.2) is 36.8 Å². The maximum Gasteiger partial charge on any atom is 0.257 e. The van der Waals surface area contributed by atoms with Crippen LogP contribution < -0.4 is 11.1 Å². The molecule has 11 heteroatoms. The number of hydrogen-bond donors (Lipinski definition) is 2. The molecule has 4 heterocycles. The van der Waals surface area contributed by atoms with Gasteiger partial charge in [-0.3, -0.25) is 10.1 Å². The maximum absolute atomic E-state index is 12.6. The van der Waals surface area contributed by atoms with Gasteiger partial charge in [-0.25, -0.2) is 19.6 Å². The minimum absolute atomic E-state index is 0.00996. The number of nitrogens with zero attached hydrogens (tertiary/aromatic N) is 7. The number of nitrogens with two attached hydrogens (primary N) is 1. The Hall–Kier alpha value is -4.04. The molecule has 3 N–H and O–H groups in total. The number of aryl methyl sites for hydroxylation is 1. The standard InChI is InChI=1S/C22H21N9OS/c1-13-9-25-22(33-13)28-21(32)15-6-4-14(5-7-15)18-17-19(24)26-12-27-20(17)31(29-18)16-3-2-8-30(10-16)11-23/h4-7,9,12,16H,2-3,8,10H2,1H3,(H2,24,26,27)(H,25,28,32)/t16-/m1/s1. The Bertz CT molecular complexity index is 1370. The van der Waals surface area contributed by atoms with Gasteiger partial charge in [0.15, 0.2) is 17.0 Å². The molecule has 1 aromatic carbocycles. The first-order valence-electron chi connectivity index (χ1n) is 10.5. The van der Waals surface area contributed by atoms with Gasteiger partial charge in [0.1, 0.15) is 17.8 Å². The number of benzene rings is 1. The second-order valence-electron chi connectivity index (χ2n) is 7.90. The third kappa shape index (κ3) is 3.96. The number of thiazole rings is 1. The molecule has 33 heavy (non-hydrogen) atoms. The fraction of sp³-hybridized carbons (Fsp3) is 0.273. The zero-order valence-electron chi connectivity index (χ0n) is 17.9. The van der Waals surface area contributed by atoms with Crippen molar-refractivity contribution in [3.63, 3.8) is 0 Å². The molecule has 1 aliphatic rings. The topological polar surface area (TPSA) is 139 Å². The summed E-state index contributed by atoms with van der Waals surface area (Å²) >= 11 is 1.42. The molecule has 1 amide bonds. The molecule has 0 bridgehead atoms. The molecule has 1 saturated heterocycles.